The number of azide groups is 1. The molecule has 5 saturated carbocycles. The van der Waals surface area contributed by atoms with E-state index in [1.54, 1.807) is 6.92 Å². The number of carbonyl (C=O) groups excluding carboxylic acids is 1. The van der Waals surface area contributed by atoms with Crippen molar-refractivity contribution < 1.29 is 9.53 Å². The maximum Gasteiger partial charge on any atom is 0.302 e. The van der Waals surface area contributed by atoms with E-state index in [1.165, 1.54) is 63.4 Å². The average molecular weight is 510 g/mol. The van der Waals surface area contributed by atoms with Gasteiger partial charge in [0.2, 0.25) is 0 Å². The van der Waals surface area contributed by atoms with Crippen LogP contribution in [0.15, 0.2) is 17.3 Å². The van der Waals surface area contributed by atoms with Crippen molar-refractivity contribution in [1.29, 1.82) is 0 Å². The van der Waals surface area contributed by atoms with Gasteiger partial charge in [-0.1, -0.05) is 51.9 Å². The smallest absolute Gasteiger partial charge is 0.302 e. The van der Waals surface area contributed by atoms with Crippen LogP contribution in [0.25, 0.3) is 10.4 Å². The largest absolute Gasteiger partial charge is 0.462 e. The minimum Gasteiger partial charge on any atom is -0.462 e. The molecule has 4 unspecified atom stereocenters. The number of hydrogen-bond donors (Lipinski definition) is 0. The fourth-order valence-corrected chi connectivity index (χ4v) is 12.1. The first-order valence-corrected chi connectivity index (χ1v) is 15.1. The summed E-state index contributed by atoms with van der Waals surface area (Å²) in [7, 11) is 0. The molecule has 0 spiro atoms. The molecule has 5 nitrogen and oxygen atoms in total. The van der Waals surface area contributed by atoms with Gasteiger partial charge in [0.25, 0.3) is 0 Å². The average Bonchev–Trinajstić information content (AvgIpc) is 3.20. The molecule has 37 heavy (non-hydrogen) atoms. The van der Waals surface area contributed by atoms with E-state index < -0.39 is 0 Å². The van der Waals surface area contributed by atoms with Crippen LogP contribution in [0.4, 0.5) is 0 Å². The van der Waals surface area contributed by atoms with Crippen LogP contribution >= 0.6 is 0 Å². The Labute approximate surface area is 225 Å². The third-order valence-corrected chi connectivity index (χ3v) is 13.9. The van der Waals surface area contributed by atoms with E-state index in [9.17, 15) is 10.3 Å². The number of carbonyl (C=O) groups is 1. The van der Waals surface area contributed by atoms with Crippen molar-refractivity contribution in [2.24, 2.45) is 61.8 Å². The summed E-state index contributed by atoms with van der Waals surface area (Å²) in [6.07, 6.45) is 12.1. The van der Waals surface area contributed by atoms with Gasteiger partial charge < -0.3 is 4.74 Å². The molecule has 0 saturated heterocycles. The highest BCUT2D eigenvalue weighted by atomic mass is 16.5. The van der Waals surface area contributed by atoms with E-state index in [2.05, 4.69) is 58.1 Å². The summed E-state index contributed by atoms with van der Waals surface area (Å²) in [5.41, 5.74) is 11.6. The zero-order valence-corrected chi connectivity index (χ0v) is 24.6. The van der Waals surface area contributed by atoms with E-state index in [0.717, 1.165) is 6.42 Å². The van der Waals surface area contributed by atoms with Crippen LogP contribution in [0.2, 0.25) is 0 Å². The first-order chi connectivity index (χ1) is 17.3. The molecule has 0 bridgehead atoms. The molecule has 0 aliphatic heterocycles. The lowest BCUT2D eigenvalue weighted by Gasteiger charge is -2.73. The second kappa shape index (κ2) is 8.77. The van der Waals surface area contributed by atoms with Gasteiger partial charge >= 0.3 is 5.97 Å². The SMILES string of the molecule is C=C(C)[C@@H]1CC[C@]2(CN=[N+]=[N-])CC[C@]3(C)C(CCC4[C@@]5(C)CC[C@H](OC(C)=O)C(C)(C)C5CC[C@]43C)C12. The normalized spacial score (nSPS) is 49.9. The molecular formula is C32H51N3O2. The van der Waals surface area contributed by atoms with Crippen LogP contribution in [-0.4, -0.2) is 18.6 Å². The van der Waals surface area contributed by atoms with Crippen molar-refractivity contribution in [3.05, 3.63) is 22.6 Å². The number of fused-ring (bicyclic) bond motifs is 7. The Bertz CT molecular complexity index is 1020. The Kier molecular flexibility index (Phi) is 6.42. The predicted molar refractivity (Wildman–Crippen MR) is 149 cm³/mol. The molecule has 10 atom stereocenters. The molecule has 5 heteroatoms. The van der Waals surface area contributed by atoms with Crippen molar-refractivity contribution in [1.82, 2.24) is 0 Å². The van der Waals surface area contributed by atoms with Gasteiger partial charge in [-0.3, -0.25) is 4.79 Å². The second-order valence-electron chi connectivity index (χ2n) is 15.4. The third kappa shape index (κ3) is 3.61. The summed E-state index contributed by atoms with van der Waals surface area (Å²) in [5.74, 6) is 2.97. The van der Waals surface area contributed by atoms with Crippen molar-refractivity contribution >= 4 is 5.97 Å². The van der Waals surface area contributed by atoms with Crippen LogP contribution in [0.5, 0.6) is 0 Å². The highest BCUT2D eigenvalue weighted by Gasteiger charge is 2.70. The molecular weight excluding hydrogens is 458 g/mol. The molecule has 206 valence electrons. The Morgan fingerprint density at radius 2 is 1.65 bits per heavy atom. The lowest BCUT2D eigenvalue weighted by atomic mass is 9.32. The van der Waals surface area contributed by atoms with E-state index in [0.29, 0.717) is 47.0 Å². The zero-order chi connectivity index (χ0) is 27.0. The summed E-state index contributed by atoms with van der Waals surface area (Å²) in [6.45, 7) is 21.6. The van der Waals surface area contributed by atoms with Crippen LogP contribution in [0.1, 0.15) is 113 Å². The van der Waals surface area contributed by atoms with Gasteiger partial charge in [0, 0.05) is 23.8 Å². The highest BCUT2D eigenvalue weighted by Crippen LogP contribution is 2.77. The number of hydrogen-bond acceptors (Lipinski definition) is 3. The number of esters is 1. The maximum atomic E-state index is 11.9. The summed E-state index contributed by atoms with van der Waals surface area (Å²) in [4.78, 5) is 15.1. The van der Waals surface area contributed by atoms with E-state index in [4.69, 9.17) is 4.74 Å². The van der Waals surface area contributed by atoms with Crippen LogP contribution in [0.3, 0.4) is 0 Å². The Morgan fingerprint density at radius 3 is 2.30 bits per heavy atom. The molecule has 5 aliphatic rings. The summed E-state index contributed by atoms with van der Waals surface area (Å²) in [6, 6.07) is 0. The molecule has 0 amide bonds. The minimum absolute atomic E-state index is 0.00523. The predicted octanol–water partition coefficient (Wildman–Crippen LogP) is 8.89. The van der Waals surface area contributed by atoms with Crippen molar-refractivity contribution in [3.63, 3.8) is 0 Å². The number of nitrogens with zero attached hydrogens (tertiary/aromatic N) is 3. The molecule has 0 N–H and O–H groups in total. The second-order valence-corrected chi connectivity index (χ2v) is 15.4. The lowest BCUT2D eigenvalue weighted by molar-refractivity contribution is -0.249. The molecule has 5 aliphatic carbocycles. The maximum absolute atomic E-state index is 11.9. The summed E-state index contributed by atoms with van der Waals surface area (Å²) >= 11 is 0. The molecule has 0 aromatic heterocycles. The van der Waals surface area contributed by atoms with Gasteiger partial charge in [0.15, 0.2) is 0 Å². The van der Waals surface area contributed by atoms with Gasteiger partial charge in [-0.2, -0.15) is 0 Å². The Hall–Kier alpha value is -1.48. The molecule has 0 aromatic carbocycles. The number of ether oxygens (including phenoxy) is 1. The van der Waals surface area contributed by atoms with Crippen molar-refractivity contribution in [3.8, 4) is 0 Å². The van der Waals surface area contributed by atoms with Gasteiger partial charge in [-0.25, -0.2) is 0 Å². The molecule has 0 heterocycles. The minimum atomic E-state index is -0.134. The number of rotatable bonds is 4. The molecule has 5 fully saturated rings. The topological polar surface area (TPSA) is 75.1 Å². The molecule has 5 rings (SSSR count). The summed E-state index contributed by atoms with van der Waals surface area (Å²) < 4.78 is 5.91. The van der Waals surface area contributed by atoms with Crippen molar-refractivity contribution in [2.75, 3.05) is 6.54 Å². The van der Waals surface area contributed by atoms with E-state index >= 15 is 0 Å². The summed E-state index contributed by atoms with van der Waals surface area (Å²) in [5, 5.41) is 4.21. The number of allylic oxidation sites excluding steroid dienone is 1. The first kappa shape index (κ1) is 27.1. The van der Waals surface area contributed by atoms with Crippen molar-refractivity contribution in [2.45, 2.75) is 119 Å². The quantitative estimate of drug-likeness (QED) is 0.125. The van der Waals surface area contributed by atoms with Gasteiger partial charge in [0.1, 0.15) is 6.10 Å². The van der Waals surface area contributed by atoms with Gasteiger partial charge in [-0.15, -0.1) is 0 Å². The highest BCUT2D eigenvalue weighted by molar-refractivity contribution is 5.66. The van der Waals surface area contributed by atoms with Gasteiger partial charge in [-0.05, 0) is 128 Å². The first-order valence-electron chi connectivity index (χ1n) is 15.1. The van der Waals surface area contributed by atoms with Crippen LogP contribution in [0, 0.1) is 56.7 Å². The monoisotopic (exact) mass is 509 g/mol. The molecule has 0 radical (unpaired) electrons. The fourth-order valence-electron chi connectivity index (χ4n) is 12.1. The van der Waals surface area contributed by atoms with Gasteiger partial charge in [0.05, 0.1) is 0 Å². The van der Waals surface area contributed by atoms with E-state index in [-0.39, 0.29) is 28.3 Å². The van der Waals surface area contributed by atoms with E-state index in [1.807, 2.05) is 0 Å². The third-order valence-electron chi connectivity index (χ3n) is 13.9. The van der Waals surface area contributed by atoms with Crippen LogP contribution < -0.4 is 0 Å². The van der Waals surface area contributed by atoms with Crippen LogP contribution in [-0.2, 0) is 9.53 Å². The lowest BCUT2D eigenvalue weighted by Crippen LogP contribution is -2.67. The Morgan fingerprint density at radius 1 is 0.919 bits per heavy atom. The Balaban J connectivity index is 1.51. The fraction of sp³-hybridized carbons (Fsp3) is 0.906. The standard InChI is InChI=1S/C32H51N3O2/c1-20(2)22-11-16-32(19-34-35-33)18-17-30(7)23(27(22)32)9-10-25-29(6)14-13-26(37-21(3)36)28(4,5)24(29)12-15-31(25,30)8/h22-27H,1,9-19H2,2-8H3/t22-,23?,24?,25?,26-,27?,29-,30+,31+,32+/m0/s1. The molecule has 0 aromatic rings. The zero-order valence-electron chi connectivity index (χ0n) is 24.6.